The zero-order valence-corrected chi connectivity index (χ0v) is 6.24. The highest BCUT2D eigenvalue weighted by Gasteiger charge is 2.20. The molecular formula is C6H10O2S. The van der Waals surface area contributed by atoms with Crippen LogP contribution in [-0.4, -0.2) is 17.9 Å². The molecule has 9 heavy (non-hydrogen) atoms. The molecule has 52 valence electrons. The Kier molecular flexibility index (Phi) is 2.28. The molecule has 0 saturated carbocycles. The largest absolute Gasteiger partial charge is 0.453 e. The fraction of sp³-hybridized carbons (Fsp3) is 0.833. The summed E-state index contributed by atoms with van der Waals surface area (Å²) >= 11 is 4.67. The summed E-state index contributed by atoms with van der Waals surface area (Å²) in [6, 6.07) is 0. The normalized spacial score (nSPS) is 25.4. The maximum atomic E-state index is 5.11. The van der Waals surface area contributed by atoms with Gasteiger partial charge in [-0.15, -0.1) is 0 Å². The van der Waals surface area contributed by atoms with E-state index in [0.717, 1.165) is 12.8 Å². The average molecular weight is 146 g/mol. The van der Waals surface area contributed by atoms with Crippen molar-refractivity contribution in [2.24, 2.45) is 0 Å². The molecule has 0 aliphatic carbocycles. The third-order valence-electron chi connectivity index (χ3n) is 1.26. The summed E-state index contributed by atoms with van der Waals surface area (Å²) in [5.74, 6) is 0. The Bertz CT molecular complexity index is 114. The highest BCUT2D eigenvalue weighted by atomic mass is 32.1. The Morgan fingerprint density at radius 1 is 1.78 bits per heavy atom. The molecule has 0 bridgehead atoms. The van der Waals surface area contributed by atoms with Gasteiger partial charge in [-0.3, -0.25) is 0 Å². The van der Waals surface area contributed by atoms with Gasteiger partial charge in [-0.25, -0.2) is 0 Å². The number of thiocarbonyl (C=S) groups is 1. The van der Waals surface area contributed by atoms with Gasteiger partial charge >= 0.3 is 5.24 Å². The highest BCUT2D eigenvalue weighted by molar-refractivity contribution is 7.79. The second kappa shape index (κ2) is 3.01. The third-order valence-corrected chi connectivity index (χ3v) is 1.47. The molecule has 2 nitrogen and oxygen atoms in total. The predicted molar refractivity (Wildman–Crippen MR) is 38.3 cm³/mol. The lowest BCUT2D eigenvalue weighted by atomic mass is 10.2. The zero-order valence-electron chi connectivity index (χ0n) is 5.42. The van der Waals surface area contributed by atoms with Crippen molar-refractivity contribution < 1.29 is 9.47 Å². The molecule has 1 saturated heterocycles. The van der Waals surface area contributed by atoms with Crippen LogP contribution >= 0.6 is 12.2 Å². The number of hydrogen-bond donors (Lipinski definition) is 0. The van der Waals surface area contributed by atoms with Crippen LogP contribution < -0.4 is 0 Å². The summed E-state index contributed by atoms with van der Waals surface area (Å²) in [5.41, 5.74) is 0. The van der Waals surface area contributed by atoms with Crippen LogP contribution in [0.2, 0.25) is 0 Å². The van der Waals surface area contributed by atoms with E-state index in [1.165, 1.54) is 0 Å². The Balaban J connectivity index is 2.22. The van der Waals surface area contributed by atoms with Crippen LogP contribution in [0.5, 0.6) is 0 Å². The molecule has 1 heterocycles. The molecule has 1 unspecified atom stereocenters. The van der Waals surface area contributed by atoms with Crippen molar-refractivity contribution in [3.63, 3.8) is 0 Å². The highest BCUT2D eigenvalue weighted by Crippen LogP contribution is 2.10. The smallest absolute Gasteiger partial charge is 0.352 e. The minimum atomic E-state index is 0.225. The van der Waals surface area contributed by atoms with Gasteiger partial charge < -0.3 is 9.47 Å². The Morgan fingerprint density at radius 3 is 3.00 bits per heavy atom. The molecule has 1 aliphatic heterocycles. The number of hydrogen-bond acceptors (Lipinski definition) is 3. The van der Waals surface area contributed by atoms with Crippen LogP contribution in [0, 0.1) is 0 Å². The van der Waals surface area contributed by atoms with Crippen LogP contribution in [0.15, 0.2) is 0 Å². The van der Waals surface area contributed by atoms with E-state index < -0.39 is 0 Å². The second-order valence-corrected chi connectivity index (χ2v) is 2.42. The standard InChI is InChI=1S/C6H10O2S/c1-2-3-5-4-7-6(9)8-5/h5H,2-4H2,1H3. The Labute approximate surface area is 60.1 Å². The summed E-state index contributed by atoms with van der Waals surface area (Å²) in [4.78, 5) is 0. The first-order valence-corrected chi connectivity index (χ1v) is 3.57. The van der Waals surface area contributed by atoms with Crippen molar-refractivity contribution in [1.82, 2.24) is 0 Å². The topological polar surface area (TPSA) is 18.5 Å². The van der Waals surface area contributed by atoms with Crippen LogP contribution in [0.3, 0.4) is 0 Å². The minimum Gasteiger partial charge on any atom is -0.453 e. The van der Waals surface area contributed by atoms with E-state index in [9.17, 15) is 0 Å². The second-order valence-electron chi connectivity index (χ2n) is 2.09. The Morgan fingerprint density at radius 2 is 2.56 bits per heavy atom. The first kappa shape index (κ1) is 6.81. The summed E-state index contributed by atoms with van der Waals surface area (Å²) in [5, 5.41) is 0.313. The SMILES string of the molecule is CCCC1COC(=S)O1. The van der Waals surface area contributed by atoms with E-state index in [2.05, 4.69) is 19.1 Å². The maximum Gasteiger partial charge on any atom is 0.352 e. The summed E-state index contributed by atoms with van der Waals surface area (Å²) in [6.45, 7) is 2.76. The lowest BCUT2D eigenvalue weighted by molar-refractivity contribution is 0.217. The van der Waals surface area contributed by atoms with Gasteiger partial charge in [-0.2, -0.15) is 0 Å². The minimum absolute atomic E-state index is 0.225. The molecule has 0 aromatic heterocycles. The molecular weight excluding hydrogens is 136 g/mol. The van der Waals surface area contributed by atoms with E-state index in [0.29, 0.717) is 11.8 Å². The van der Waals surface area contributed by atoms with Gasteiger partial charge in [-0.1, -0.05) is 13.3 Å². The van der Waals surface area contributed by atoms with Gasteiger partial charge in [0.1, 0.15) is 12.7 Å². The zero-order chi connectivity index (χ0) is 6.69. The van der Waals surface area contributed by atoms with Gasteiger partial charge in [0, 0.05) is 12.2 Å². The molecule has 1 rings (SSSR count). The monoisotopic (exact) mass is 146 g/mol. The summed E-state index contributed by atoms with van der Waals surface area (Å²) in [7, 11) is 0. The van der Waals surface area contributed by atoms with Crippen molar-refractivity contribution in [1.29, 1.82) is 0 Å². The fourth-order valence-electron chi connectivity index (χ4n) is 0.829. The molecule has 0 N–H and O–H groups in total. The van der Waals surface area contributed by atoms with E-state index in [-0.39, 0.29) is 6.10 Å². The van der Waals surface area contributed by atoms with Gasteiger partial charge in [0.15, 0.2) is 0 Å². The van der Waals surface area contributed by atoms with Crippen LogP contribution in [0.1, 0.15) is 19.8 Å². The average Bonchev–Trinajstić information content (AvgIpc) is 2.17. The van der Waals surface area contributed by atoms with Crippen LogP contribution in [0.4, 0.5) is 0 Å². The van der Waals surface area contributed by atoms with E-state index in [1.807, 2.05) is 0 Å². The van der Waals surface area contributed by atoms with Gasteiger partial charge in [-0.05, 0) is 6.42 Å². The molecule has 1 fully saturated rings. The lowest BCUT2D eigenvalue weighted by Gasteiger charge is -2.01. The van der Waals surface area contributed by atoms with E-state index >= 15 is 0 Å². The van der Waals surface area contributed by atoms with Gasteiger partial charge in [0.25, 0.3) is 0 Å². The molecule has 1 aliphatic rings. The van der Waals surface area contributed by atoms with Crippen molar-refractivity contribution in [2.45, 2.75) is 25.9 Å². The van der Waals surface area contributed by atoms with Crippen molar-refractivity contribution >= 4 is 17.5 Å². The van der Waals surface area contributed by atoms with Gasteiger partial charge in [0.2, 0.25) is 0 Å². The molecule has 0 aromatic rings. The molecule has 0 radical (unpaired) electrons. The molecule has 3 heteroatoms. The molecule has 1 atom stereocenters. The molecule has 0 aromatic carbocycles. The first-order valence-electron chi connectivity index (χ1n) is 3.16. The van der Waals surface area contributed by atoms with Crippen LogP contribution in [0.25, 0.3) is 0 Å². The predicted octanol–water partition coefficient (Wildman–Crippen LogP) is 1.49. The number of rotatable bonds is 2. The van der Waals surface area contributed by atoms with Crippen molar-refractivity contribution in [3.05, 3.63) is 0 Å². The Hall–Kier alpha value is -0.310. The van der Waals surface area contributed by atoms with Crippen molar-refractivity contribution in [3.8, 4) is 0 Å². The number of ether oxygens (including phenoxy) is 2. The third kappa shape index (κ3) is 1.82. The maximum absolute atomic E-state index is 5.11. The molecule has 0 amide bonds. The van der Waals surface area contributed by atoms with E-state index in [4.69, 9.17) is 9.47 Å². The summed E-state index contributed by atoms with van der Waals surface area (Å²) in [6.07, 6.45) is 2.39. The van der Waals surface area contributed by atoms with Crippen LogP contribution in [-0.2, 0) is 9.47 Å². The van der Waals surface area contributed by atoms with Gasteiger partial charge in [0.05, 0.1) is 0 Å². The molecule has 0 spiro atoms. The van der Waals surface area contributed by atoms with E-state index in [1.54, 1.807) is 0 Å². The first-order chi connectivity index (χ1) is 4.33. The lowest BCUT2D eigenvalue weighted by Crippen LogP contribution is -2.08. The quantitative estimate of drug-likeness (QED) is 0.550. The fourth-order valence-corrected chi connectivity index (χ4v) is 1.03. The summed E-state index contributed by atoms with van der Waals surface area (Å²) < 4.78 is 10.0. The van der Waals surface area contributed by atoms with Crippen molar-refractivity contribution in [2.75, 3.05) is 6.61 Å².